The zero-order chi connectivity index (χ0) is 20.6. The molecular weight excluding hydrogens is 499 g/mol. The number of aromatic nitrogens is 2. The van der Waals surface area contributed by atoms with E-state index in [-0.39, 0.29) is 24.0 Å². The molecule has 2 fully saturated rings. The minimum absolute atomic E-state index is 0. The van der Waals surface area contributed by atoms with Gasteiger partial charge in [-0.3, -0.25) is 9.89 Å². The molecule has 0 amide bonds. The van der Waals surface area contributed by atoms with Crippen molar-refractivity contribution in [2.45, 2.75) is 64.1 Å². The van der Waals surface area contributed by atoms with E-state index < -0.39 is 0 Å². The number of likely N-dealkylation sites (tertiary alicyclic amines) is 1. The summed E-state index contributed by atoms with van der Waals surface area (Å²) in [6, 6.07) is 11.9. The van der Waals surface area contributed by atoms with Gasteiger partial charge < -0.3 is 15.2 Å². The summed E-state index contributed by atoms with van der Waals surface area (Å²) >= 11 is 0. The third-order valence-electron chi connectivity index (χ3n) is 6.35. The molecule has 1 saturated heterocycles. The number of imidazole rings is 1. The number of nitrogens with zero attached hydrogens (tertiary/aromatic N) is 4. The smallest absolute Gasteiger partial charge is 0.191 e. The molecule has 1 atom stereocenters. The maximum atomic E-state index is 4.85. The summed E-state index contributed by atoms with van der Waals surface area (Å²) in [4.78, 5) is 12.1. The first-order chi connectivity index (χ1) is 14.8. The van der Waals surface area contributed by atoms with Gasteiger partial charge in [-0.15, -0.1) is 24.0 Å². The Balaban J connectivity index is 0.00000272. The second-order valence-corrected chi connectivity index (χ2v) is 8.53. The minimum atomic E-state index is 0. The number of hydrogen-bond acceptors (Lipinski definition) is 3. The van der Waals surface area contributed by atoms with E-state index in [2.05, 4.69) is 68.5 Å². The molecule has 0 radical (unpaired) electrons. The Kier molecular flexibility index (Phi) is 9.64. The molecule has 31 heavy (non-hydrogen) atoms. The van der Waals surface area contributed by atoms with Crippen molar-refractivity contribution in [3.63, 3.8) is 0 Å². The monoisotopic (exact) mass is 536 g/mol. The van der Waals surface area contributed by atoms with Gasteiger partial charge in [0.15, 0.2) is 5.96 Å². The molecule has 2 aromatic rings. The summed E-state index contributed by atoms with van der Waals surface area (Å²) in [6.07, 6.45) is 11.6. The highest BCUT2D eigenvalue weighted by atomic mass is 127. The molecule has 1 saturated carbocycles. The summed E-state index contributed by atoms with van der Waals surface area (Å²) in [5, 5.41) is 7.10. The molecule has 6 nitrogen and oxygen atoms in total. The van der Waals surface area contributed by atoms with Gasteiger partial charge in [-0.1, -0.05) is 43.2 Å². The molecule has 1 aliphatic carbocycles. The standard InChI is InChI=1S/C24H36N6.HI/c1-2-25-24(28-21-13-16-29(19-21)22-10-6-7-11-22)27-14-12-23-26-15-17-30(23)18-20-8-4-3-5-9-20;/h3-5,8-9,15,17,21-22H,2,6-7,10-14,16,18-19H2,1H3,(H2,25,27,28);1H. The number of aliphatic imine (C=N–C) groups is 1. The summed E-state index contributed by atoms with van der Waals surface area (Å²) in [5.41, 5.74) is 1.29. The van der Waals surface area contributed by atoms with Crippen LogP contribution in [0.15, 0.2) is 47.7 Å². The third-order valence-corrected chi connectivity index (χ3v) is 6.35. The van der Waals surface area contributed by atoms with Crippen LogP contribution in [-0.2, 0) is 13.0 Å². The molecule has 0 bridgehead atoms. The average molecular weight is 537 g/mol. The highest BCUT2D eigenvalue weighted by molar-refractivity contribution is 14.0. The van der Waals surface area contributed by atoms with Crippen LogP contribution in [0.2, 0.25) is 0 Å². The molecule has 2 aliphatic rings. The first-order valence-electron chi connectivity index (χ1n) is 11.6. The van der Waals surface area contributed by atoms with E-state index in [9.17, 15) is 0 Å². The van der Waals surface area contributed by atoms with Crippen LogP contribution in [0.5, 0.6) is 0 Å². The van der Waals surface area contributed by atoms with E-state index in [1.807, 2.05) is 6.20 Å². The largest absolute Gasteiger partial charge is 0.357 e. The van der Waals surface area contributed by atoms with Crippen molar-refractivity contribution in [2.75, 3.05) is 26.2 Å². The van der Waals surface area contributed by atoms with Crippen molar-refractivity contribution in [1.82, 2.24) is 25.1 Å². The fourth-order valence-electron chi connectivity index (χ4n) is 4.78. The van der Waals surface area contributed by atoms with Gasteiger partial charge in [0, 0.05) is 63.6 Å². The molecule has 0 spiro atoms. The van der Waals surface area contributed by atoms with Gasteiger partial charge in [-0.2, -0.15) is 0 Å². The zero-order valence-electron chi connectivity index (χ0n) is 18.7. The fourth-order valence-corrected chi connectivity index (χ4v) is 4.78. The van der Waals surface area contributed by atoms with E-state index in [0.29, 0.717) is 6.04 Å². The second-order valence-electron chi connectivity index (χ2n) is 8.53. The van der Waals surface area contributed by atoms with Crippen LogP contribution in [0.25, 0.3) is 0 Å². The number of guanidine groups is 1. The van der Waals surface area contributed by atoms with E-state index in [1.54, 1.807) is 0 Å². The van der Waals surface area contributed by atoms with Gasteiger partial charge in [0.2, 0.25) is 0 Å². The number of rotatable bonds is 8. The maximum absolute atomic E-state index is 4.85. The quantitative estimate of drug-likeness (QED) is 0.307. The third kappa shape index (κ3) is 6.94. The topological polar surface area (TPSA) is 57.5 Å². The molecule has 1 aromatic carbocycles. The Morgan fingerprint density at radius 2 is 1.97 bits per heavy atom. The molecule has 1 unspecified atom stereocenters. The first kappa shape index (κ1) is 24.0. The first-order valence-corrected chi connectivity index (χ1v) is 11.6. The highest BCUT2D eigenvalue weighted by Gasteiger charge is 2.30. The second kappa shape index (κ2) is 12.4. The van der Waals surface area contributed by atoms with Crippen LogP contribution in [0.1, 0.15) is 50.4 Å². The van der Waals surface area contributed by atoms with Crippen molar-refractivity contribution in [1.29, 1.82) is 0 Å². The minimum Gasteiger partial charge on any atom is -0.357 e. The normalized spacial score (nSPS) is 20.0. The average Bonchev–Trinajstić information content (AvgIpc) is 3.51. The Labute approximate surface area is 203 Å². The molecule has 2 heterocycles. The summed E-state index contributed by atoms with van der Waals surface area (Å²) < 4.78 is 2.22. The van der Waals surface area contributed by atoms with E-state index in [1.165, 1.54) is 44.2 Å². The lowest BCUT2D eigenvalue weighted by atomic mass is 10.2. The molecular formula is C24H37IN6. The van der Waals surface area contributed by atoms with Crippen molar-refractivity contribution in [2.24, 2.45) is 4.99 Å². The maximum Gasteiger partial charge on any atom is 0.191 e. The molecule has 1 aliphatic heterocycles. The predicted molar refractivity (Wildman–Crippen MR) is 138 cm³/mol. The number of nitrogens with one attached hydrogen (secondary N) is 2. The van der Waals surface area contributed by atoms with Crippen molar-refractivity contribution < 1.29 is 0 Å². The molecule has 170 valence electrons. The highest BCUT2D eigenvalue weighted by Crippen LogP contribution is 2.26. The lowest BCUT2D eigenvalue weighted by molar-refractivity contribution is 0.242. The van der Waals surface area contributed by atoms with Crippen LogP contribution in [0.4, 0.5) is 0 Å². The van der Waals surface area contributed by atoms with Crippen LogP contribution in [0.3, 0.4) is 0 Å². The van der Waals surface area contributed by atoms with Gasteiger partial charge >= 0.3 is 0 Å². The van der Waals surface area contributed by atoms with Crippen molar-refractivity contribution >= 4 is 29.9 Å². The Bertz CT molecular complexity index is 799. The van der Waals surface area contributed by atoms with Crippen LogP contribution >= 0.6 is 24.0 Å². The van der Waals surface area contributed by atoms with Crippen molar-refractivity contribution in [3.05, 3.63) is 54.1 Å². The predicted octanol–water partition coefficient (Wildman–Crippen LogP) is 3.66. The lowest BCUT2D eigenvalue weighted by Crippen LogP contribution is -2.45. The fraction of sp³-hybridized carbons (Fsp3) is 0.583. The van der Waals surface area contributed by atoms with Crippen LogP contribution in [0, 0.1) is 0 Å². The van der Waals surface area contributed by atoms with E-state index >= 15 is 0 Å². The van der Waals surface area contributed by atoms with Crippen molar-refractivity contribution in [3.8, 4) is 0 Å². The van der Waals surface area contributed by atoms with Crippen LogP contribution < -0.4 is 10.6 Å². The summed E-state index contributed by atoms with van der Waals surface area (Å²) in [5.74, 6) is 2.03. The van der Waals surface area contributed by atoms with Gasteiger partial charge in [-0.25, -0.2) is 4.98 Å². The summed E-state index contributed by atoms with van der Waals surface area (Å²) in [6.45, 7) is 6.98. The Hall–Kier alpha value is -1.61. The Morgan fingerprint density at radius 1 is 1.16 bits per heavy atom. The SMILES string of the molecule is CCNC(=NCCc1nccn1Cc1ccccc1)NC1CCN(C2CCCC2)C1.I. The van der Waals surface area contributed by atoms with Gasteiger partial charge in [0.05, 0.1) is 0 Å². The van der Waals surface area contributed by atoms with E-state index in [4.69, 9.17) is 4.99 Å². The molecule has 1 aromatic heterocycles. The molecule has 7 heteroatoms. The van der Waals surface area contributed by atoms with Gasteiger partial charge in [0.25, 0.3) is 0 Å². The molecule has 4 rings (SSSR count). The summed E-state index contributed by atoms with van der Waals surface area (Å²) in [7, 11) is 0. The number of hydrogen-bond donors (Lipinski definition) is 2. The van der Waals surface area contributed by atoms with Crippen LogP contribution in [-0.4, -0.2) is 58.7 Å². The lowest BCUT2D eigenvalue weighted by Gasteiger charge is -2.24. The zero-order valence-corrected chi connectivity index (χ0v) is 21.0. The van der Waals surface area contributed by atoms with E-state index in [0.717, 1.165) is 50.4 Å². The number of benzene rings is 1. The van der Waals surface area contributed by atoms with Gasteiger partial charge in [0.1, 0.15) is 5.82 Å². The molecule has 2 N–H and O–H groups in total. The Morgan fingerprint density at radius 3 is 2.74 bits per heavy atom. The van der Waals surface area contributed by atoms with Gasteiger partial charge in [-0.05, 0) is 31.7 Å². The number of halogens is 1.